The number of nitrogens with zero attached hydrogens (tertiary/aromatic N) is 2. The molecule has 12 nitrogen and oxygen atoms in total. The highest BCUT2D eigenvalue weighted by atomic mass is 16.3. The molecule has 1 aromatic carbocycles. The first kappa shape index (κ1) is 30.1. The molecule has 2 amide bonds. The number of hydrogen-bond acceptors (Lipinski definition) is 10. The predicted octanol–water partition coefficient (Wildman–Crippen LogP) is 1.56. The molecule has 0 aromatic heterocycles. The molecule has 222 valence electrons. The third-order valence-electron chi connectivity index (χ3n) is 8.40. The normalized spacial score (nSPS) is 25.7. The molecule has 0 spiro atoms. The number of ketones is 2. The number of phenolic OH excluding ortho intramolecular Hbond substituents is 1. The van der Waals surface area contributed by atoms with E-state index in [9.17, 15) is 39.6 Å². The van der Waals surface area contributed by atoms with Crippen molar-refractivity contribution in [2.75, 3.05) is 38.4 Å². The Morgan fingerprint density at radius 1 is 1.15 bits per heavy atom. The molecule has 0 heterocycles. The van der Waals surface area contributed by atoms with E-state index in [0.29, 0.717) is 17.7 Å². The van der Waals surface area contributed by atoms with Crippen molar-refractivity contribution in [2.45, 2.75) is 51.2 Å². The molecule has 7 N–H and O–H groups in total. The van der Waals surface area contributed by atoms with Gasteiger partial charge in [-0.15, -0.1) is 0 Å². The summed E-state index contributed by atoms with van der Waals surface area (Å²) in [7, 11) is 6.65. The summed E-state index contributed by atoms with van der Waals surface area (Å²) < 4.78 is 0. The van der Waals surface area contributed by atoms with Crippen LogP contribution in [-0.4, -0.2) is 88.5 Å². The number of allylic oxidation sites excluding steroid dienone is 1. The van der Waals surface area contributed by atoms with Crippen LogP contribution in [0.5, 0.6) is 5.75 Å². The Labute approximate surface area is 238 Å². The molecule has 4 rings (SSSR count). The number of rotatable bonds is 7. The molecule has 0 aliphatic heterocycles. The van der Waals surface area contributed by atoms with Gasteiger partial charge >= 0.3 is 0 Å². The molecule has 0 saturated carbocycles. The molecule has 0 bridgehead atoms. The van der Waals surface area contributed by atoms with E-state index in [4.69, 9.17) is 5.73 Å². The lowest BCUT2D eigenvalue weighted by molar-refractivity contribution is -0.148. The smallest absolute Gasteiger partial charge is 0.255 e. The van der Waals surface area contributed by atoms with Crippen LogP contribution in [-0.2, 0) is 20.8 Å². The van der Waals surface area contributed by atoms with E-state index >= 15 is 0 Å². The lowest BCUT2D eigenvalue weighted by Gasteiger charge is -2.50. The van der Waals surface area contributed by atoms with Gasteiger partial charge in [-0.2, -0.15) is 0 Å². The van der Waals surface area contributed by atoms with E-state index in [-0.39, 0.29) is 47.9 Å². The molecule has 0 saturated heterocycles. The van der Waals surface area contributed by atoms with Crippen LogP contribution in [0, 0.1) is 17.8 Å². The number of anilines is 2. The van der Waals surface area contributed by atoms with Crippen molar-refractivity contribution in [3.8, 4) is 5.75 Å². The standard InChI is InChI=1S/C29H38N4O8/c1-12(2)7-8-18(34)31-16-11-17(32(3)4)14-9-13-10-15-22(33(5)6)25(37)21(28(30)40)27(39)29(15,41)26(38)19(13)24(36)20(14)23(16)35/h11-13,15,22,35,37-38,41H,7-10H2,1-6H3,(H2,30,40)(H,31,34)/t13-,15-,22-,29-/m0/s1. The van der Waals surface area contributed by atoms with E-state index in [1.807, 2.05) is 13.8 Å². The van der Waals surface area contributed by atoms with Gasteiger partial charge in [-0.05, 0) is 56.8 Å². The molecule has 0 fully saturated rings. The predicted molar refractivity (Wildman–Crippen MR) is 151 cm³/mol. The van der Waals surface area contributed by atoms with Crippen LogP contribution in [0.4, 0.5) is 11.4 Å². The number of amides is 2. The first-order valence-electron chi connectivity index (χ1n) is 13.5. The topological polar surface area (TPSA) is 194 Å². The Morgan fingerprint density at radius 3 is 2.32 bits per heavy atom. The fraction of sp³-hybridized carbons (Fsp3) is 0.517. The maximum Gasteiger partial charge on any atom is 0.255 e. The van der Waals surface area contributed by atoms with Crippen molar-refractivity contribution in [3.63, 3.8) is 0 Å². The van der Waals surface area contributed by atoms with Gasteiger partial charge in [0.2, 0.25) is 11.7 Å². The van der Waals surface area contributed by atoms with Crippen molar-refractivity contribution >= 4 is 34.8 Å². The average Bonchev–Trinajstić information content (AvgIpc) is 2.85. The van der Waals surface area contributed by atoms with Crippen LogP contribution in [0.15, 0.2) is 28.7 Å². The van der Waals surface area contributed by atoms with Gasteiger partial charge in [0, 0.05) is 37.7 Å². The zero-order valence-electron chi connectivity index (χ0n) is 24.1. The number of fused-ring (bicyclic) bond motifs is 3. The van der Waals surface area contributed by atoms with Crippen molar-refractivity contribution in [2.24, 2.45) is 23.5 Å². The summed E-state index contributed by atoms with van der Waals surface area (Å²) in [5, 5.41) is 48.0. The van der Waals surface area contributed by atoms with Crippen LogP contribution in [0.25, 0.3) is 0 Å². The number of carbonyl (C=O) groups excluding carboxylic acids is 4. The number of likely N-dealkylation sites (N-methyl/N-ethyl adjacent to an activating group) is 1. The minimum Gasteiger partial charge on any atom is -0.510 e. The van der Waals surface area contributed by atoms with E-state index < -0.39 is 63.8 Å². The molecule has 12 heteroatoms. The quantitative estimate of drug-likeness (QED) is 0.207. The number of phenols is 1. The van der Waals surface area contributed by atoms with E-state index in [0.717, 1.165) is 0 Å². The molecule has 1 aromatic rings. The number of aliphatic hydroxyl groups is 3. The summed E-state index contributed by atoms with van der Waals surface area (Å²) in [6.45, 7) is 3.96. The molecule has 3 aliphatic carbocycles. The monoisotopic (exact) mass is 570 g/mol. The van der Waals surface area contributed by atoms with Gasteiger partial charge in [0.15, 0.2) is 17.1 Å². The molecule has 3 aliphatic rings. The summed E-state index contributed by atoms with van der Waals surface area (Å²) in [6.07, 6.45) is 0.975. The van der Waals surface area contributed by atoms with E-state index in [1.165, 1.54) is 4.90 Å². The number of aromatic hydroxyl groups is 1. The first-order valence-corrected chi connectivity index (χ1v) is 13.5. The van der Waals surface area contributed by atoms with Gasteiger partial charge in [-0.1, -0.05) is 13.8 Å². The van der Waals surface area contributed by atoms with Crippen LogP contribution in [0.2, 0.25) is 0 Å². The minimum atomic E-state index is -2.72. The molecule has 0 unspecified atom stereocenters. The Bertz CT molecular complexity index is 1410. The largest absolute Gasteiger partial charge is 0.510 e. The van der Waals surface area contributed by atoms with Crippen molar-refractivity contribution < 1.29 is 39.6 Å². The zero-order chi connectivity index (χ0) is 30.7. The fourth-order valence-electron chi connectivity index (χ4n) is 6.43. The van der Waals surface area contributed by atoms with E-state index in [1.54, 1.807) is 39.2 Å². The number of Topliss-reactive ketones (excluding diaryl/α,β-unsaturated/α-hetero) is 2. The number of benzene rings is 1. The van der Waals surface area contributed by atoms with Gasteiger partial charge in [0.1, 0.15) is 17.1 Å². The molecule has 0 radical (unpaired) electrons. The second kappa shape index (κ2) is 10.5. The number of carbonyl (C=O) groups is 4. The fourth-order valence-corrected chi connectivity index (χ4v) is 6.43. The highest BCUT2D eigenvalue weighted by Crippen LogP contribution is 2.53. The summed E-state index contributed by atoms with van der Waals surface area (Å²) >= 11 is 0. The van der Waals surface area contributed by atoms with Gasteiger partial charge in [0.05, 0.1) is 17.3 Å². The Balaban J connectivity index is 1.89. The average molecular weight is 571 g/mol. The highest BCUT2D eigenvalue weighted by Gasteiger charge is 2.63. The van der Waals surface area contributed by atoms with Crippen molar-refractivity contribution in [1.82, 2.24) is 4.90 Å². The SMILES string of the molecule is CC(C)CCC(=O)Nc1cc(N(C)C)c2c(c1O)C(=O)C1=C(O)[C@]3(O)C(=O)C(C(N)=O)=C(O)[C@@H](N(C)C)[C@@H]3C[C@@H]1C2. The van der Waals surface area contributed by atoms with Gasteiger partial charge < -0.3 is 36.4 Å². The van der Waals surface area contributed by atoms with Crippen LogP contribution in [0.1, 0.15) is 49.0 Å². The van der Waals surface area contributed by atoms with Crippen molar-refractivity contribution in [3.05, 3.63) is 39.9 Å². The zero-order valence-corrected chi connectivity index (χ0v) is 24.1. The van der Waals surface area contributed by atoms with Crippen molar-refractivity contribution in [1.29, 1.82) is 0 Å². The number of aliphatic hydroxyl groups excluding tert-OH is 2. The summed E-state index contributed by atoms with van der Waals surface area (Å²) in [4.78, 5) is 55.5. The van der Waals surface area contributed by atoms with Gasteiger partial charge in [-0.25, -0.2) is 0 Å². The number of hydrogen-bond donors (Lipinski definition) is 6. The molecular formula is C29H38N4O8. The second-order valence-electron chi connectivity index (χ2n) is 12.0. The third-order valence-corrected chi connectivity index (χ3v) is 8.40. The highest BCUT2D eigenvalue weighted by molar-refractivity contribution is 6.25. The summed E-state index contributed by atoms with van der Waals surface area (Å²) in [6, 6.07) is 0.522. The van der Waals surface area contributed by atoms with Crippen LogP contribution in [0.3, 0.4) is 0 Å². The van der Waals surface area contributed by atoms with Gasteiger partial charge in [-0.3, -0.25) is 24.1 Å². The lowest BCUT2D eigenvalue weighted by atomic mass is 9.58. The maximum atomic E-state index is 14.0. The molecule has 41 heavy (non-hydrogen) atoms. The Hall–Kier alpha value is -3.90. The van der Waals surface area contributed by atoms with E-state index in [2.05, 4.69) is 5.32 Å². The Kier molecular flexibility index (Phi) is 7.70. The van der Waals surface area contributed by atoms with Gasteiger partial charge in [0.25, 0.3) is 5.91 Å². The minimum absolute atomic E-state index is 0.00686. The van der Waals surface area contributed by atoms with Crippen LogP contribution < -0.4 is 16.0 Å². The Morgan fingerprint density at radius 2 is 1.78 bits per heavy atom. The first-order chi connectivity index (χ1) is 19.0. The number of nitrogens with one attached hydrogen (secondary N) is 1. The number of primary amides is 1. The maximum absolute atomic E-state index is 14.0. The van der Waals surface area contributed by atoms with Crippen LogP contribution >= 0.6 is 0 Å². The third kappa shape index (κ3) is 4.64. The molecule has 4 atom stereocenters. The second-order valence-corrected chi connectivity index (χ2v) is 12.0. The summed E-state index contributed by atoms with van der Waals surface area (Å²) in [5.74, 6) is -7.29. The molecular weight excluding hydrogens is 532 g/mol. The summed E-state index contributed by atoms with van der Waals surface area (Å²) in [5.41, 5.74) is 2.45. The lowest BCUT2D eigenvalue weighted by Crippen LogP contribution is -2.63. The number of nitrogens with two attached hydrogens (primary N) is 1.